The number of nitrogens with one attached hydrogen (secondary N) is 2. The van der Waals surface area contributed by atoms with Crippen molar-refractivity contribution in [3.8, 4) is 5.75 Å². The number of carbonyl (C=O) groups is 1. The van der Waals surface area contributed by atoms with E-state index in [1.165, 1.54) is 25.5 Å². The highest BCUT2D eigenvalue weighted by atomic mass is 19.1. The first-order chi connectivity index (χ1) is 11.5. The summed E-state index contributed by atoms with van der Waals surface area (Å²) < 4.78 is 23.5. The van der Waals surface area contributed by atoms with E-state index >= 15 is 0 Å². The molecule has 2 atom stereocenters. The number of furan rings is 1. The summed E-state index contributed by atoms with van der Waals surface area (Å²) in [5, 5.41) is 15.3. The van der Waals surface area contributed by atoms with E-state index in [0.29, 0.717) is 23.5 Å². The van der Waals surface area contributed by atoms with Crippen molar-refractivity contribution in [2.45, 2.75) is 32.0 Å². The van der Waals surface area contributed by atoms with Gasteiger partial charge in [-0.1, -0.05) is 0 Å². The number of methoxy groups -OCH3 is 1. The van der Waals surface area contributed by atoms with Gasteiger partial charge < -0.3 is 24.9 Å². The highest BCUT2D eigenvalue weighted by Crippen LogP contribution is 2.18. The van der Waals surface area contributed by atoms with Crippen LogP contribution in [0.2, 0.25) is 0 Å². The first kappa shape index (κ1) is 17.8. The highest BCUT2D eigenvalue weighted by Gasteiger charge is 2.16. The summed E-state index contributed by atoms with van der Waals surface area (Å²) >= 11 is 0. The Balaban J connectivity index is 1.79. The van der Waals surface area contributed by atoms with Gasteiger partial charge >= 0.3 is 6.03 Å². The molecule has 0 fully saturated rings. The Morgan fingerprint density at radius 1 is 1.42 bits per heavy atom. The maximum absolute atomic E-state index is 13.4. The number of halogens is 1. The summed E-state index contributed by atoms with van der Waals surface area (Å²) in [5.74, 6) is 0.416. The van der Waals surface area contributed by atoms with E-state index in [4.69, 9.17) is 9.15 Å². The molecule has 1 aromatic carbocycles. The SMILES string of the molecule is COc1cc(F)cc(CNC(=O)NC(C)CC(O)c2ccco2)c1. The van der Waals surface area contributed by atoms with Crippen molar-refractivity contribution in [1.82, 2.24) is 10.6 Å². The second kappa shape index (κ2) is 8.35. The molecule has 24 heavy (non-hydrogen) atoms. The van der Waals surface area contributed by atoms with Crippen molar-refractivity contribution in [2.75, 3.05) is 7.11 Å². The van der Waals surface area contributed by atoms with Crippen molar-refractivity contribution in [3.63, 3.8) is 0 Å². The number of urea groups is 1. The Labute approximate surface area is 139 Å². The number of hydrogen-bond acceptors (Lipinski definition) is 4. The van der Waals surface area contributed by atoms with Gasteiger partial charge in [-0.3, -0.25) is 0 Å². The van der Waals surface area contributed by atoms with Crippen LogP contribution in [0.15, 0.2) is 41.0 Å². The van der Waals surface area contributed by atoms with Crippen LogP contribution >= 0.6 is 0 Å². The van der Waals surface area contributed by atoms with Crippen molar-refractivity contribution in [2.24, 2.45) is 0 Å². The van der Waals surface area contributed by atoms with Crippen LogP contribution in [0, 0.1) is 5.82 Å². The van der Waals surface area contributed by atoms with Crippen LogP contribution in [0.5, 0.6) is 5.75 Å². The lowest BCUT2D eigenvalue weighted by atomic mass is 10.1. The molecule has 0 aliphatic carbocycles. The molecule has 0 aliphatic heterocycles. The fourth-order valence-corrected chi connectivity index (χ4v) is 2.29. The molecule has 0 saturated carbocycles. The van der Waals surface area contributed by atoms with E-state index < -0.39 is 18.0 Å². The zero-order chi connectivity index (χ0) is 17.5. The quantitative estimate of drug-likeness (QED) is 0.726. The predicted molar refractivity (Wildman–Crippen MR) is 86.1 cm³/mol. The van der Waals surface area contributed by atoms with Gasteiger partial charge in [0.05, 0.1) is 13.4 Å². The van der Waals surface area contributed by atoms with E-state index in [1.54, 1.807) is 25.1 Å². The molecule has 2 unspecified atom stereocenters. The summed E-state index contributed by atoms with van der Waals surface area (Å²) in [5.41, 5.74) is 0.588. The molecule has 2 aromatic rings. The lowest BCUT2D eigenvalue weighted by molar-refractivity contribution is 0.129. The fourth-order valence-electron chi connectivity index (χ4n) is 2.29. The van der Waals surface area contributed by atoms with Crippen LogP contribution in [0.4, 0.5) is 9.18 Å². The van der Waals surface area contributed by atoms with Gasteiger partial charge in [0.1, 0.15) is 23.4 Å². The van der Waals surface area contributed by atoms with Crippen LogP contribution in [0.25, 0.3) is 0 Å². The van der Waals surface area contributed by atoms with Crippen molar-refractivity contribution < 1.29 is 23.4 Å². The third-order valence-electron chi connectivity index (χ3n) is 3.45. The molecule has 1 heterocycles. The average Bonchev–Trinajstić information content (AvgIpc) is 3.06. The lowest BCUT2D eigenvalue weighted by Crippen LogP contribution is -2.41. The van der Waals surface area contributed by atoms with Crippen LogP contribution in [0.3, 0.4) is 0 Å². The normalized spacial score (nSPS) is 13.2. The molecule has 0 spiro atoms. The second-order valence-corrected chi connectivity index (χ2v) is 5.49. The van der Waals surface area contributed by atoms with Crippen LogP contribution in [0.1, 0.15) is 30.8 Å². The largest absolute Gasteiger partial charge is 0.497 e. The summed E-state index contributed by atoms with van der Waals surface area (Å²) in [7, 11) is 1.45. The van der Waals surface area contributed by atoms with Gasteiger partial charge in [-0.25, -0.2) is 9.18 Å². The van der Waals surface area contributed by atoms with Gasteiger partial charge in [0.15, 0.2) is 0 Å². The molecule has 6 nitrogen and oxygen atoms in total. The maximum Gasteiger partial charge on any atom is 0.315 e. The number of aliphatic hydroxyl groups excluding tert-OH is 1. The molecular weight excluding hydrogens is 315 g/mol. The number of hydrogen-bond donors (Lipinski definition) is 3. The summed E-state index contributed by atoms with van der Waals surface area (Å²) in [4.78, 5) is 11.9. The monoisotopic (exact) mass is 336 g/mol. The zero-order valence-corrected chi connectivity index (χ0v) is 13.6. The Morgan fingerprint density at radius 2 is 2.21 bits per heavy atom. The molecule has 0 radical (unpaired) electrons. The molecule has 0 aliphatic rings. The first-order valence-electron chi connectivity index (χ1n) is 7.57. The van der Waals surface area contributed by atoms with Crippen molar-refractivity contribution in [1.29, 1.82) is 0 Å². The number of amides is 2. The molecular formula is C17H21FN2O4. The lowest BCUT2D eigenvalue weighted by Gasteiger charge is -2.17. The van der Waals surface area contributed by atoms with E-state index in [2.05, 4.69) is 10.6 Å². The van der Waals surface area contributed by atoms with E-state index in [9.17, 15) is 14.3 Å². The zero-order valence-electron chi connectivity index (χ0n) is 13.6. The summed E-state index contributed by atoms with van der Waals surface area (Å²) in [6.07, 6.45) is 1.01. The van der Waals surface area contributed by atoms with Gasteiger partial charge in [-0.05, 0) is 36.8 Å². The van der Waals surface area contributed by atoms with Gasteiger partial charge in [0.2, 0.25) is 0 Å². The Hall–Kier alpha value is -2.54. The minimum atomic E-state index is -0.789. The van der Waals surface area contributed by atoms with Crippen molar-refractivity contribution >= 4 is 6.03 Å². The predicted octanol–water partition coefficient (Wildman–Crippen LogP) is 2.74. The van der Waals surface area contributed by atoms with Crippen LogP contribution < -0.4 is 15.4 Å². The van der Waals surface area contributed by atoms with Crippen LogP contribution in [-0.2, 0) is 6.54 Å². The Morgan fingerprint density at radius 3 is 2.88 bits per heavy atom. The first-order valence-corrected chi connectivity index (χ1v) is 7.57. The van der Waals surface area contributed by atoms with E-state index in [-0.39, 0.29) is 12.6 Å². The van der Waals surface area contributed by atoms with E-state index in [0.717, 1.165) is 0 Å². The molecule has 1 aromatic heterocycles. The third kappa shape index (κ3) is 5.27. The minimum absolute atomic E-state index is 0.160. The second-order valence-electron chi connectivity index (χ2n) is 5.49. The van der Waals surface area contributed by atoms with Crippen molar-refractivity contribution in [3.05, 3.63) is 53.7 Å². The third-order valence-corrected chi connectivity index (χ3v) is 3.45. The highest BCUT2D eigenvalue weighted by molar-refractivity contribution is 5.74. The number of ether oxygens (including phenoxy) is 1. The van der Waals surface area contributed by atoms with Gasteiger partial charge in [0, 0.05) is 25.1 Å². The molecule has 7 heteroatoms. The smallest absolute Gasteiger partial charge is 0.315 e. The maximum atomic E-state index is 13.4. The van der Waals surface area contributed by atoms with Gasteiger partial charge in [-0.15, -0.1) is 0 Å². The minimum Gasteiger partial charge on any atom is -0.497 e. The molecule has 0 saturated heterocycles. The van der Waals surface area contributed by atoms with E-state index in [1.807, 2.05) is 0 Å². The summed E-state index contributed by atoms with van der Waals surface area (Å²) in [6.45, 7) is 1.93. The Bertz CT molecular complexity index is 661. The molecule has 0 bridgehead atoms. The number of carbonyl (C=O) groups excluding carboxylic acids is 1. The number of benzene rings is 1. The standard InChI is InChI=1S/C17H21FN2O4/c1-11(6-15(21)16-4-3-5-24-16)20-17(22)19-10-12-7-13(18)9-14(8-12)23-2/h3-5,7-9,11,15,21H,6,10H2,1-2H3,(H2,19,20,22). The van der Waals surface area contributed by atoms with Gasteiger partial charge in [0.25, 0.3) is 0 Å². The molecule has 3 N–H and O–H groups in total. The molecule has 130 valence electrons. The van der Waals surface area contributed by atoms with Crippen LogP contribution in [-0.4, -0.2) is 24.3 Å². The number of rotatable bonds is 7. The number of aliphatic hydroxyl groups is 1. The fraction of sp³-hybridized carbons (Fsp3) is 0.353. The molecule has 2 rings (SSSR count). The summed E-state index contributed by atoms with van der Waals surface area (Å²) in [6, 6.07) is 6.93. The average molecular weight is 336 g/mol. The van der Waals surface area contributed by atoms with Gasteiger partial charge in [-0.2, -0.15) is 0 Å². The topological polar surface area (TPSA) is 83.7 Å². The Kier molecular flexibility index (Phi) is 6.20. The molecule has 2 amide bonds.